The Morgan fingerprint density at radius 3 is 2.30 bits per heavy atom. The Morgan fingerprint density at radius 1 is 1.02 bits per heavy atom. The monoisotopic (exact) mass is 558 g/mol. The first-order valence-electron chi connectivity index (χ1n) is 13.7. The van der Waals surface area contributed by atoms with E-state index in [9.17, 15) is 14.4 Å². The van der Waals surface area contributed by atoms with Crippen LogP contribution in [0, 0.1) is 5.92 Å². The molecule has 1 N–H and O–H groups in total. The third kappa shape index (κ3) is 9.82. The Morgan fingerprint density at radius 2 is 1.73 bits per heavy atom. The minimum Gasteiger partial charge on any atom is -0.493 e. The van der Waals surface area contributed by atoms with E-state index in [4.69, 9.17) is 23.7 Å². The molecule has 10 heteroatoms. The average Bonchev–Trinajstić information content (AvgIpc) is 2.92. The first-order valence-corrected chi connectivity index (χ1v) is 13.7. The van der Waals surface area contributed by atoms with Gasteiger partial charge in [-0.15, -0.1) is 0 Å². The second-order valence-corrected chi connectivity index (χ2v) is 9.80. The molecular weight excluding hydrogens is 516 g/mol. The minimum atomic E-state index is -0.998. The molecule has 40 heavy (non-hydrogen) atoms. The van der Waals surface area contributed by atoms with Crippen molar-refractivity contribution < 1.29 is 38.1 Å². The van der Waals surface area contributed by atoms with Gasteiger partial charge in [0.1, 0.15) is 17.9 Å². The first kappa shape index (κ1) is 32.6. The topological polar surface area (TPSA) is 122 Å². The van der Waals surface area contributed by atoms with Crippen LogP contribution < -0.4 is 19.5 Å². The molecule has 0 unspecified atom stereocenters. The van der Waals surface area contributed by atoms with E-state index in [2.05, 4.69) is 10.3 Å². The quantitative estimate of drug-likeness (QED) is 0.291. The van der Waals surface area contributed by atoms with Gasteiger partial charge >= 0.3 is 11.9 Å². The Hall–Kier alpha value is -3.66. The van der Waals surface area contributed by atoms with Crippen molar-refractivity contribution in [2.24, 2.45) is 5.92 Å². The number of benzene rings is 1. The van der Waals surface area contributed by atoms with Gasteiger partial charge in [-0.1, -0.05) is 45.9 Å². The zero-order valence-electron chi connectivity index (χ0n) is 24.5. The summed E-state index contributed by atoms with van der Waals surface area (Å²) in [6.07, 6.45) is 1.52. The average molecular weight is 559 g/mol. The lowest BCUT2D eigenvalue weighted by Crippen LogP contribution is -2.48. The molecule has 0 spiro atoms. The molecule has 0 aliphatic heterocycles. The Bertz CT molecular complexity index is 1090. The van der Waals surface area contributed by atoms with Crippen molar-refractivity contribution in [1.29, 1.82) is 0 Å². The van der Waals surface area contributed by atoms with Gasteiger partial charge < -0.3 is 29.0 Å². The number of nitrogens with one attached hydrogen (secondary N) is 1. The lowest BCUT2D eigenvalue weighted by Gasteiger charge is -2.32. The summed E-state index contributed by atoms with van der Waals surface area (Å²) in [5.41, 5.74) is -0.187. The van der Waals surface area contributed by atoms with Gasteiger partial charge in [0.15, 0.2) is 17.5 Å². The number of hydrogen-bond donors (Lipinski definition) is 1. The summed E-state index contributed by atoms with van der Waals surface area (Å²) >= 11 is 0. The summed E-state index contributed by atoms with van der Waals surface area (Å²) in [7, 11) is 1.38. The number of aromatic nitrogens is 1. The molecule has 0 saturated carbocycles. The molecule has 1 aromatic heterocycles. The molecule has 220 valence electrons. The van der Waals surface area contributed by atoms with Crippen LogP contribution in [0.25, 0.3) is 0 Å². The standard InChI is InChI=1S/C30H42N2O8/c1-8-17-37-24(9-2)27(40-22-13-11-10-12-14-22)20(5)38-30(35)23(18-19(3)4)32-29(34)26-28(39-21(6)33)25(36-7)15-16-31-26/h10-16,19-20,23-24,27H,8-9,17-18H2,1-7H3,(H,32,34)/t20-,23-,24-,27-/m0/s1. The number of carbonyl (C=O) groups excluding carboxylic acids is 3. The first-order chi connectivity index (χ1) is 19.1. The minimum absolute atomic E-state index is 0.0482. The molecule has 0 radical (unpaired) electrons. The Labute approximate surface area is 236 Å². The fourth-order valence-electron chi connectivity index (χ4n) is 4.08. The lowest BCUT2D eigenvalue weighted by atomic mass is 10.0. The van der Waals surface area contributed by atoms with Crippen molar-refractivity contribution in [3.05, 3.63) is 48.3 Å². The van der Waals surface area contributed by atoms with Crippen LogP contribution in [0.4, 0.5) is 0 Å². The van der Waals surface area contributed by atoms with E-state index < -0.39 is 36.1 Å². The van der Waals surface area contributed by atoms with Gasteiger partial charge in [0.2, 0.25) is 5.75 Å². The molecule has 0 fully saturated rings. The van der Waals surface area contributed by atoms with Gasteiger partial charge in [-0.05, 0) is 44.2 Å². The van der Waals surface area contributed by atoms with Crippen LogP contribution in [0.3, 0.4) is 0 Å². The SMILES string of the molecule is CCCO[C@@H](CC)[C@@H](Oc1ccccc1)[C@H](C)OC(=O)[C@H](CC(C)C)NC(=O)c1nccc(OC)c1OC(C)=O. The van der Waals surface area contributed by atoms with Crippen LogP contribution in [0.5, 0.6) is 17.2 Å². The van der Waals surface area contributed by atoms with E-state index >= 15 is 0 Å². The molecule has 0 aliphatic rings. The van der Waals surface area contributed by atoms with E-state index in [1.54, 1.807) is 6.92 Å². The van der Waals surface area contributed by atoms with Crippen molar-refractivity contribution >= 4 is 17.8 Å². The predicted octanol–water partition coefficient (Wildman–Crippen LogP) is 4.74. The van der Waals surface area contributed by atoms with Gasteiger partial charge in [-0.3, -0.25) is 9.59 Å². The van der Waals surface area contributed by atoms with Crippen LogP contribution in [0.1, 0.15) is 71.3 Å². The lowest BCUT2D eigenvalue weighted by molar-refractivity contribution is -0.161. The summed E-state index contributed by atoms with van der Waals surface area (Å²) in [4.78, 5) is 42.5. The maximum absolute atomic E-state index is 13.5. The zero-order chi connectivity index (χ0) is 29.7. The van der Waals surface area contributed by atoms with E-state index in [0.717, 1.165) is 6.42 Å². The smallest absolute Gasteiger partial charge is 0.329 e. The maximum Gasteiger partial charge on any atom is 0.329 e. The van der Waals surface area contributed by atoms with Gasteiger partial charge in [-0.25, -0.2) is 9.78 Å². The predicted molar refractivity (Wildman–Crippen MR) is 150 cm³/mol. The molecule has 1 amide bonds. The van der Waals surface area contributed by atoms with Gasteiger partial charge in [0.25, 0.3) is 5.91 Å². The third-order valence-electron chi connectivity index (χ3n) is 5.93. The molecule has 2 rings (SSSR count). The number of hydrogen-bond acceptors (Lipinski definition) is 9. The number of amides is 1. The molecular formula is C30H42N2O8. The molecule has 0 saturated heterocycles. The fourth-order valence-corrected chi connectivity index (χ4v) is 4.08. The molecule has 10 nitrogen and oxygen atoms in total. The second kappa shape index (κ2) is 16.4. The van der Waals surface area contributed by atoms with Gasteiger partial charge in [0.05, 0.1) is 13.2 Å². The van der Waals surface area contributed by atoms with E-state index in [-0.39, 0.29) is 29.2 Å². The van der Waals surface area contributed by atoms with Crippen LogP contribution in [-0.4, -0.2) is 60.9 Å². The summed E-state index contributed by atoms with van der Waals surface area (Å²) in [5, 5.41) is 2.71. The number of pyridine rings is 1. The molecule has 0 bridgehead atoms. The highest BCUT2D eigenvalue weighted by atomic mass is 16.6. The Kier molecular flexibility index (Phi) is 13.4. The molecule has 1 aromatic carbocycles. The van der Waals surface area contributed by atoms with Crippen molar-refractivity contribution in [3.8, 4) is 17.2 Å². The molecule has 1 heterocycles. The number of nitrogens with zero attached hydrogens (tertiary/aromatic N) is 1. The number of ether oxygens (including phenoxy) is 5. The van der Waals surface area contributed by atoms with E-state index in [1.165, 1.54) is 26.3 Å². The van der Waals surface area contributed by atoms with Crippen LogP contribution in [-0.2, 0) is 19.1 Å². The summed E-state index contributed by atoms with van der Waals surface area (Å²) in [6.45, 7) is 11.4. The number of para-hydroxylation sites is 1. The number of rotatable bonds is 16. The summed E-state index contributed by atoms with van der Waals surface area (Å²) in [6, 6.07) is 9.74. The number of carbonyl (C=O) groups is 3. The van der Waals surface area contributed by atoms with Crippen molar-refractivity contribution in [3.63, 3.8) is 0 Å². The second-order valence-electron chi connectivity index (χ2n) is 9.80. The van der Waals surface area contributed by atoms with Crippen molar-refractivity contribution in [1.82, 2.24) is 10.3 Å². The fraction of sp³-hybridized carbons (Fsp3) is 0.533. The summed E-state index contributed by atoms with van der Waals surface area (Å²) in [5.74, 6) is -1.28. The van der Waals surface area contributed by atoms with Crippen molar-refractivity contribution in [2.45, 2.75) is 85.2 Å². The number of esters is 2. The molecule has 2 aromatic rings. The number of methoxy groups -OCH3 is 1. The molecule has 4 atom stereocenters. The van der Waals surface area contributed by atoms with Crippen molar-refractivity contribution in [2.75, 3.05) is 13.7 Å². The van der Waals surface area contributed by atoms with Crippen LogP contribution >= 0.6 is 0 Å². The Balaban J connectivity index is 2.29. The zero-order valence-corrected chi connectivity index (χ0v) is 24.5. The molecule has 0 aliphatic carbocycles. The van der Waals surface area contributed by atoms with Gasteiger partial charge in [-0.2, -0.15) is 0 Å². The third-order valence-corrected chi connectivity index (χ3v) is 5.93. The summed E-state index contributed by atoms with van der Waals surface area (Å²) < 4.78 is 28.6. The van der Waals surface area contributed by atoms with E-state index in [1.807, 2.05) is 58.0 Å². The highest BCUT2D eigenvalue weighted by Crippen LogP contribution is 2.30. The van der Waals surface area contributed by atoms with E-state index in [0.29, 0.717) is 25.2 Å². The largest absolute Gasteiger partial charge is 0.493 e. The van der Waals surface area contributed by atoms with Crippen LogP contribution in [0.2, 0.25) is 0 Å². The normalized spacial score (nSPS) is 14.0. The van der Waals surface area contributed by atoms with Gasteiger partial charge in [0, 0.05) is 25.8 Å². The maximum atomic E-state index is 13.5. The van der Waals surface area contributed by atoms with Crippen LogP contribution in [0.15, 0.2) is 42.6 Å². The highest BCUT2D eigenvalue weighted by molar-refractivity contribution is 5.98. The highest BCUT2D eigenvalue weighted by Gasteiger charge is 2.34.